The molecule has 1 fully saturated rings. The van der Waals surface area contributed by atoms with Gasteiger partial charge in [-0.1, -0.05) is 35.9 Å². The standard InChI is InChI=1S/C17H19NO4/c1-11-6-8-13(9-7-11)15-17(16(20)21-3)10-4-5-14(18(15)17)22-12(2)19/h4-9,14-15H,10H2,1-3H3/t14?,15-,17-,18?/m0/s1. The fourth-order valence-electron chi connectivity index (χ4n) is 3.33. The molecule has 4 atom stereocenters. The van der Waals surface area contributed by atoms with Crippen molar-refractivity contribution in [2.45, 2.75) is 38.1 Å². The molecular weight excluding hydrogens is 282 g/mol. The highest BCUT2D eigenvalue weighted by molar-refractivity contribution is 5.87. The van der Waals surface area contributed by atoms with Gasteiger partial charge in [0.2, 0.25) is 0 Å². The Hall–Kier alpha value is -2.14. The van der Waals surface area contributed by atoms with E-state index in [9.17, 15) is 9.59 Å². The van der Waals surface area contributed by atoms with Crippen LogP contribution in [0.5, 0.6) is 0 Å². The van der Waals surface area contributed by atoms with Gasteiger partial charge in [0.05, 0.1) is 13.2 Å². The second kappa shape index (κ2) is 5.25. The zero-order chi connectivity index (χ0) is 15.9. The normalized spacial score (nSPS) is 32.0. The van der Waals surface area contributed by atoms with Crippen LogP contribution < -0.4 is 0 Å². The quantitative estimate of drug-likeness (QED) is 0.486. The molecule has 5 heteroatoms. The lowest BCUT2D eigenvalue weighted by Gasteiger charge is -2.23. The Labute approximate surface area is 129 Å². The number of hydrogen-bond donors (Lipinski definition) is 0. The molecule has 22 heavy (non-hydrogen) atoms. The number of fused-ring (bicyclic) bond motifs is 1. The first-order chi connectivity index (χ1) is 10.5. The van der Waals surface area contributed by atoms with Gasteiger partial charge < -0.3 is 9.47 Å². The van der Waals surface area contributed by atoms with Crippen molar-refractivity contribution in [1.82, 2.24) is 4.90 Å². The van der Waals surface area contributed by atoms with Gasteiger partial charge in [-0.15, -0.1) is 0 Å². The molecule has 0 amide bonds. The van der Waals surface area contributed by atoms with Crippen LogP contribution in [-0.2, 0) is 19.1 Å². The van der Waals surface area contributed by atoms with Gasteiger partial charge in [0.15, 0.2) is 6.23 Å². The van der Waals surface area contributed by atoms with E-state index in [1.807, 2.05) is 48.2 Å². The van der Waals surface area contributed by atoms with E-state index in [0.717, 1.165) is 11.1 Å². The van der Waals surface area contributed by atoms with Crippen molar-refractivity contribution in [2.24, 2.45) is 0 Å². The molecule has 1 aromatic rings. The summed E-state index contributed by atoms with van der Waals surface area (Å²) in [5.41, 5.74) is 1.42. The molecule has 5 nitrogen and oxygen atoms in total. The number of carbonyl (C=O) groups is 2. The monoisotopic (exact) mass is 301 g/mol. The van der Waals surface area contributed by atoms with Crippen LogP contribution in [0.3, 0.4) is 0 Å². The van der Waals surface area contributed by atoms with E-state index in [1.54, 1.807) is 0 Å². The van der Waals surface area contributed by atoms with E-state index in [4.69, 9.17) is 9.47 Å². The largest absolute Gasteiger partial charge is 0.468 e. The molecule has 2 heterocycles. The van der Waals surface area contributed by atoms with Gasteiger partial charge in [-0.25, -0.2) is 9.69 Å². The lowest BCUT2D eigenvalue weighted by Crippen LogP contribution is -2.38. The van der Waals surface area contributed by atoms with Gasteiger partial charge in [0.25, 0.3) is 0 Å². The van der Waals surface area contributed by atoms with Crippen LogP contribution in [-0.4, -0.2) is 35.7 Å². The fraction of sp³-hybridized carbons (Fsp3) is 0.412. The Balaban J connectivity index is 1.97. The molecule has 0 saturated carbocycles. The Morgan fingerprint density at radius 3 is 2.55 bits per heavy atom. The maximum absolute atomic E-state index is 12.4. The second-order valence-corrected chi connectivity index (χ2v) is 5.77. The molecule has 2 unspecified atom stereocenters. The van der Waals surface area contributed by atoms with E-state index >= 15 is 0 Å². The summed E-state index contributed by atoms with van der Waals surface area (Å²) < 4.78 is 10.3. The van der Waals surface area contributed by atoms with Crippen molar-refractivity contribution in [2.75, 3.05) is 7.11 Å². The van der Waals surface area contributed by atoms with Crippen LogP contribution in [0.4, 0.5) is 0 Å². The average Bonchev–Trinajstić information content (AvgIpc) is 3.18. The summed E-state index contributed by atoms with van der Waals surface area (Å²) in [4.78, 5) is 25.6. The van der Waals surface area contributed by atoms with Crippen molar-refractivity contribution in [3.05, 3.63) is 47.5 Å². The minimum atomic E-state index is -0.765. The number of carbonyl (C=O) groups excluding carboxylic acids is 2. The highest BCUT2D eigenvalue weighted by Gasteiger charge is 2.72. The number of nitrogens with zero attached hydrogens (tertiary/aromatic N) is 1. The maximum Gasteiger partial charge on any atom is 0.328 e. The molecular formula is C17H19NO4. The Morgan fingerprint density at radius 2 is 1.95 bits per heavy atom. The summed E-state index contributed by atoms with van der Waals surface area (Å²) >= 11 is 0. The van der Waals surface area contributed by atoms with Gasteiger partial charge in [-0.05, 0) is 25.0 Å². The number of hydrogen-bond acceptors (Lipinski definition) is 5. The minimum Gasteiger partial charge on any atom is -0.468 e. The van der Waals surface area contributed by atoms with Crippen molar-refractivity contribution < 1.29 is 19.1 Å². The molecule has 116 valence electrons. The molecule has 2 aliphatic heterocycles. The summed E-state index contributed by atoms with van der Waals surface area (Å²) in [6, 6.07) is 7.90. The van der Waals surface area contributed by atoms with Gasteiger partial charge in [-0.3, -0.25) is 4.79 Å². The van der Waals surface area contributed by atoms with Gasteiger partial charge in [0.1, 0.15) is 5.54 Å². The first-order valence-electron chi connectivity index (χ1n) is 7.28. The van der Waals surface area contributed by atoms with Gasteiger partial charge in [-0.2, -0.15) is 0 Å². The third-order valence-electron chi connectivity index (χ3n) is 4.35. The number of ether oxygens (including phenoxy) is 2. The lowest BCUT2D eigenvalue weighted by atomic mass is 9.94. The average molecular weight is 301 g/mol. The Morgan fingerprint density at radius 1 is 1.27 bits per heavy atom. The molecule has 0 bridgehead atoms. The van der Waals surface area contributed by atoms with Crippen LogP contribution in [0.1, 0.15) is 30.5 Å². The summed E-state index contributed by atoms with van der Waals surface area (Å²) in [5.74, 6) is -0.663. The van der Waals surface area contributed by atoms with Gasteiger partial charge in [0, 0.05) is 6.92 Å². The summed E-state index contributed by atoms with van der Waals surface area (Å²) in [7, 11) is 1.39. The zero-order valence-corrected chi connectivity index (χ0v) is 12.9. The second-order valence-electron chi connectivity index (χ2n) is 5.77. The van der Waals surface area contributed by atoms with Crippen LogP contribution >= 0.6 is 0 Å². The van der Waals surface area contributed by atoms with Crippen molar-refractivity contribution in [1.29, 1.82) is 0 Å². The topological polar surface area (TPSA) is 55.6 Å². The van der Waals surface area contributed by atoms with Crippen LogP contribution in [0, 0.1) is 6.92 Å². The van der Waals surface area contributed by atoms with E-state index in [2.05, 4.69) is 0 Å². The molecule has 0 N–H and O–H groups in total. The number of rotatable bonds is 3. The molecule has 0 aliphatic carbocycles. The molecule has 0 aromatic heterocycles. The fourth-order valence-corrected chi connectivity index (χ4v) is 3.33. The van der Waals surface area contributed by atoms with E-state index in [0.29, 0.717) is 6.42 Å². The zero-order valence-electron chi connectivity index (χ0n) is 12.9. The van der Waals surface area contributed by atoms with Crippen molar-refractivity contribution >= 4 is 11.9 Å². The first-order valence-corrected chi connectivity index (χ1v) is 7.28. The molecule has 1 saturated heterocycles. The highest BCUT2D eigenvalue weighted by atomic mass is 16.6. The van der Waals surface area contributed by atoms with Crippen LogP contribution in [0.15, 0.2) is 36.4 Å². The molecule has 2 aliphatic rings. The van der Waals surface area contributed by atoms with Gasteiger partial charge >= 0.3 is 11.9 Å². The van der Waals surface area contributed by atoms with E-state index in [-0.39, 0.29) is 18.0 Å². The van der Waals surface area contributed by atoms with Crippen molar-refractivity contribution in [3.8, 4) is 0 Å². The van der Waals surface area contributed by atoms with E-state index in [1.165, 1.54) is 14.0 Å². The SMILES string of the molecule is COC(=O)[C@@]12CC=CC(OC(C)=O)N1[C@H]2c1ccc(C)cc1. The Bertz CT molecular complexity index is 637. The third-order valence-corrected chi connectivity index (χ3v) is 4.35. The van der Waals surface area contributed by atoms with Crippen LogP contribution in [0.25, 0.3) is 0 Å². The highest BCUT2D eigenvalue weighted by Crippen LogP contribution is 2.59. The number of esters is 2. The number of benzene rings is 1. The maximum atomic E-state index is 12.4. The smallest absolute Gasteiger partial charge is 0.328 e. The Kier molecular flexibility index (Phi) is 3.53. The summed E-state index contributed by atoms with van der Waals surface area (Å²) in [5, 5.41) is 0. The lowest BCUT2D eigenvalue weighted by molar-refractivity contribution is -0.154. The minimum absolute atomic E-state index is 0.139. The number of aryl methyl sites for hydroxylation is 1. The molecule has 1 aromatic carbocycles. The molecule has 0 spiro atoms. The molecule has 0 radical (unpaired) electrons. The van der Waals surface area contributed by atoms with E-state index < -0.39 is 11.8 Å². The first kappa shape index (κ1) is 14.8. The number of methoxy groups -OCH3 is 1. The summed E-state index contributed by atoms with van der Waals surface area (Å²) in [6.07, 6.45) is 3.72. The third kappa shape index (κ3) is 2.13. The van der Waals surface area contributed by atoms with Crippen LogP contribution in [0.2, 0.25) is 0 Å². The summed E-state index contributed by atoms with van der Waals surface area (Å²) in [6.45, 7) is 3.38. The van der Waals surface area contributed by atoms with Crippen molar-refractivity contribution in [3.63, 3.8) is 0 Å². The molecule has 3 rings (SSSR count). The predicted octanol–water partition coefficient (Wildman–Crippen LogP) is 2.11. The predicted molar refractivity (Wildman–Crippen MR) is 79.8 cm³/mol.